The van der Waals surface area contributed by atoms with E-state index in [9.17, 15) is 13.2 Å². The number of benzene rings is 5. The minimum Gasteiger partial charge on any atom is -0.166 e. The molecular weight excluding hydrogens is 489 g/mol. The van der Waals surface area contributed by atoms with Crippen molar-refractivity contribution in [2.75, 3.05) is 0 Å². The second-order valence-corrected chi connectivity index (χ2v) is 9.74. The standard InChI is InChI=1S/C36H29F3/c1-3-7-27(13-12-26-9-5-4-8-25(26)2)31-18-20-34-23-32(19-21-33(34)22-31)29-16-14-28(15-17-29)30-10-6-11-35(24-30)36(37,38)39/h4-6,8-24H,2-3,7H2,1H3/b26-12-,27-13+. The normalized spacial score (nSPS) is 12.7. The molecule has 3 heteroatoms. The summed E-state index contributed by atoms with van der Waals surface area (Å²) in [5.74, 6) is 0. The van der Waals surface area contributed by atoms with Gasteiger partial charge in [-0.3, -0.25) is 0 Å². The van der Waals surface area contributed by atoms with Gasteiger partial charge in [0.25, 0.3) is 0 Å². The molecule has 39 heavy (non-hydrogen) atoms. The van der Waals surface area contributed by atoms with Crippen LogP contribution in [0.3, 0.4) is 0 Å². The second kappa shape index (κ2) is 11.2. The van der Waals surface area contributed by atoms with Crippen LogP contribution in [0.4, 0.5) is 13.2 Å². The van der Waals surface area contributed by atoms with Crippen molar-refractivity contribution in [2.45, 2.75) is 25.9 Å². The molecule has 0 aliphatic carbocycles. The number of alkyl halides is 3. The highest BCUT2D eigenvalue weighted by Crippen LogP contribution is 2.33. The van der Waals surface area contributed by atoms with Gasteiger partial charge in [0, 0.05) is 0 Å². The van der Waals surface area contributed by atoms with Gasteiger partial charge in [0.1, 0.15) is 0 Å². The predicted molar refractivity (Wildman–Crippen MR) is 158 cm³/mol. The first-order valence-corrected chi connectivity index (χ1v) is 13.1. The molecule has 0 bridgehead atoms. The zero-order valence-corrected chi connectivity index (χ0v) is 21.8. The van der Waals surface area contributed by atoms with Gasteiger partial charge in [-0.05, 0) is 85.3 Å². The lowest BCUT2D eigenvalue weighted by Gasteiger charge is -2.11. The average Bonchev–Trinajstić information content (AvgIpc) is 2.95. The van der Waals surface area contributed by atoms with E-state index in [0.29, 0.717) is 5.56 Å². The SMILES string of the molecule is C=c1cccc/c1=C/C=C(\CCC)c1ccc2cc(-c3ccc(-c4cccc(C(F)(F)F)c4)cc3)ccc2c1. The Kier molecular flexibility index (Phi) is 7.51. The lowest BCUT2D eigenvalue weighted by molar-refractivity contribution is -0.137. The van der Waals surface area contributed by atoms with E-state index in [1.54, 1.807) is 6.07 Å². The highest BCUT2D eigenvalue weighted by atomic mass is 19.4. The van der Waals surface area contributed by atoms with Gasteiger partial charge in [-0.25, -0.2) is 0 Å². The molecule has 0 aliphatic heterocycles. The zero-order valence-electron chi connectivity index (χ0n) is 21.8. The Morgan fingerprint density at radius 1 is 0.692 bits per heavy atom. The van der Waals surface area contributed by atoms with Crippen molar-refractivity contribution in [1.29, 1.82) is 0 Å². The first-order valence-electron chi connectivity index (χ1n) is 13.1. The van der Waals surface area contributed by atoms with E-state index in [0.717, 1.165) is 56.8 Å². The highest BCUT2D eigenvalue weighted by molar-refractivity contribution is 5.90. The Bertz CT molecular complexity index is 1760. The van der Waals surface area contributed by atoms with Crippen LogP contribution < -0.4 is 10.4 Å². The van der Waals surface area contributed by atoms with Gasteiger partial charge in [0.05, 0.1) is 5.56 Å². The first-order chi connectivity index (χ1) is 18.8. The maximum absolute atomic E-state index is 13.1. The average molecular weight is 519 g/mol. The van der Waals surface area contributed by atoms with Crippen LogP contribution in [-0.2, 0) is 6.18 Å². The van der Waals surface area contributed by atoms with Crippen molar-refractivity contribution in [3.05, 3.63) is 137 Å². The maximum atomic E-state index is 13.1. The van der Waals surface area contributed by atoms with Crippen molar-refractivity contribution < 1.29 is 13.2 Å². The molecule has 5 aromatic carbocycles. The van der Waals surface area contributed by atoms with E-state index >= 15 is 0 Å². The van der Waals surface area contributed by atoms with Crippen LogP contribution in [-0.4, -0.2) is 0 Å². The van der Waals surface area contributed by atoms with Gasteiger partial charge in [-0.1, -0.05) is 117 Å². The van der Waals surface area contributed by atoms with Crippen LogP contribution in [0, 0.1) is 0 Å². The molecule has 0 saturated carbocycles. The van der Waals surface area contributed by atoms with Crippen molar-refractivity contribution >= 4 is 29.0 Å². The monoisotopic (exact) mass is 518 g/mol. The van der Waals surface area contributed by atoms with Gasteiger partial charge >= 0.3 is 6.18 Å². The fourth-order valence-electron chi connectivity index (χ4n) is 4.84. The Labute approximate surface area is 227 Å². The van der Waals surface area contributed by atoms with Crippen molar-refractivity contribution in [2.24, 2.45) is 0 Å². The van der Waals surface area contributed by atoms with Gasteiger partial charge in [0.2, 0.25) is 0 Å². The molecular formula is C36H29F3. The minimum absolute atomic E-state index is 0.550. The summed E-state index contributed by atoms with van der Waals surface area (Å²) in [7, 11) is 0. The van der Waals surface area contributed by atoms with E-state index in [-0.39, 0.29) is 0 Å². The molecule has 0 N–H and O–H groups in total. The lowest BCUT2D eigenvalue weighted by atomic mass is 9.95. The van der Waals surface area contributed by atoms with Gasteiger partial charge in [0.15, 0.2) is 0 Å². The predicted octanol–water partition coefficient (Wildman–Crippen LogP) is 9.27. The Morgan fingerprint density at radius 3 is 2.03 bits per heavy atom. The fraction of sp³-hybridized carbons (Fsp3) is 0.111. The summed E-state index contributed by atoms with van der Waals surface area (Å²) in [5.41, 5.74) is 5.25. The number of rotatable bonds is 6. The molecule has 0 amide bonds. The van der Waals surface area contributed by atoms with Gasteiger partial charge in [-0.15, -0.1) is 0 Å². The van der Waals surface area contributed by atoms with Crippen LogP contribution in [0.5, 0.6) is 0 Å². The van der Waals surface area contributed by atoms with Crippen LogP contribution in [0.25, 0.3) is 51.3 Å². The Morgan fingerprint density at radius 2 is 1.33 bits per heavy atom. The molecule has 0 atom stereocenters. The summed E-state index contributed by atoms with van der Waals surface area (Å²) in [6, 6.07) is 34.2. The summed E-state index contributed by atoms with van der Waals surface area (Å²) < 4.78 is 39.4. The number of hydrogen-bond donors (Lipinski definition) is 0. The maximum Gasteiger partial charge on any atom is 0.416 e. The van der Waals surface area contributed by atoms with Crippen molar-refractivity contribution in [1.82, 2.24) is 0 Å². The molecule has 0 spiro atoms. The zero-order chi connectivity index (χ0) is 27.4. The number of fused-ring (bicyclic) bond motifs is 1. The van der Waals surface area contributed by atoms with Crippen LogP contribution in [0.1, 0.15) is 30.9 Å². The van der Waals surface area contributed by atoms with E-state index in [1.165, 1.54) is 23.3 Å². The number of hydrogen-bond acceptors (Lipinski definition) is 0. The largest absolute Gasteiger partial charge is 0.416 e. The summed E-state index contributed by atoms with van der Waals surface area (Å²) in [6.07, 6.45) is 2.03. The summed E-state index contributed by atoms with van der Waals surface area (Å²) in [4.78, 5) is 0. The van der Waals surface area contributed by atoms with Crippen LogP contribution in [0.15, 0.2) is 115 Å². The Balaban J connectivity index is 1.43. The number of allylic oxidation sites excluding steroid dienone is 2. The second-order valence-electron chi connectivity index (χ2n) is 9.74. The highest BCUT2D eigenvalue weighted by Gasteiger charge is 2.30. The smallest absolute Gasteiger partial charge is 0.166 e. The summed E-state index contributed by atoms with van der Waals surface area (Å²) in [6.45, 7) is 6.31. The van der Waals surface area contributed by atoms with E-state index < -0.39 is 11.7 Å². The minimum atomic E-state index is -4.36. The van der Waals surface area contributed by atoms with Gasteiger partial charge < -0.3 is 0 Å². The van der Waals surface area contributed by atoms with Crippen molar-refractivity contribution in [3.63, 3.8) is 0 Å². The molecule has 0 nitrogen and oxygen atoms in total. The van der Waals surface area contributed by atoms with Crippen molar-refractivity contribution in [3.8, 4) is 22.3 Å². The first kappa shape index (κ1) is 26.2. The molecule has 0 aliphatic rings. The molecule has 0 unspecified atom stereocenters. The van der Waals surface area contributed by atoms with E-state index in [2.05, 4.69) is 68.1 Å². The topological polar surface area (TPSA) is 0 Å². The third-order valence-corrected chi connectivity index (χ3v) is 6.99. The molecule has 194 valence electrons. The molecule has 5 aromatic rings. The number of halogens is 3. The Hall–Kier alpha value is -4.37. The third kappa shape index (κ3) is 6.04. The summed E-state index contributed by atoms with van der Waals surface area (Å²) in [5, 5.41) is 4.44. The molecule has 5 rings (SSSR count). The molecule has 0 aromatic heterocycles. The summed E-state index contributed by atoms with van der Waals surface area (Å²) >= 11 is 0. The van der Waals surface area contributed by atoms with Crippen LogP contribution in [0.2, 0.25) is 0 Å². The molecule has 0 radical (unpaired) electrons. The molecule has 0 fully saturated rings. The lowest BCUT2D eigenvalue weighted by Crippen LogP contribution is -2.21. The quantitative estimate of drug-likeness (QED) is 0.210. The third-order valence-electron chi connectivity index (χ3n) is 6.99. The van der Waals surface area contributed by atoms with E-state index in [1.807, 2.05) is 42.5 Å². The fourth-order valence-corrected chi connectivity index (χ4v) is 4.84. The van der Waals surface area contributed by atoms with E-state index in [4.69, 9.17) is 0 Å². The van der Waals surface area contributed by atoms with Gasteiger partial charge in [-0.2, -0.15) is 13.2 Å². The van der Waals surface area contributed by atoms with Crippen LogP contribution >= 0.6 is 0 Å². The molecule has 0 heterocycles. The molecule has 0 saturated heterocycles.